The minimum atomic E-state index is -0.589. The fraction of sp³-hybridized carbons (Fsp3) is 0.438. The van der Waals surface area contributed by atoms with Crippen LogP contribution in [0.25, 0.3) is 10.9 Å². The van der Waals surface area contributed by atoms with Gasteiger partial charge in [0.05, 0.1) is 37.3 Å². The molecule has 0 bridgehead atoms. The molecule has 0 atom stereocenters. The van der Waals surface area contributed by atoms with Gasteiger partial charge in [0.15, 0.2) is 0 Å². The summed E-state index contributed by atoms with van der Waals surface area (Å²) in [6.45, 7) is 1.35. The van der Waals surface area contributed by atoms with E-state index in [0.717, 1.165) is 4.57 Å². The zero-order chi connectivity index (χ0) is 17.1. The standard InChI is InChI=1S/C16H19N3O5/c20-8-5-18-15(22)12-3-1-2-4-13(12)19(16(18)23)11-14(21)17-6-9-24-10-7-17/h1-4,20H,5-11H2. The Labute approximate surface area is 137 Å². The summed E-state index contributed by atoms with van der Waals surface area (Å²) < 4.78 is 7.49. The number of para-hydroxylation sites is 1. The summed E-state index contributed by atoms with van der Waals surface area (Å²) in [7, 11) is 0. The number of fused-ring (bicyclic) bond motifs is 1. The molecule has 0 saturated carbocycles. The van der Waals surface area contributed by atoms with E-state index in [9.17, 15) is 14.4 Å². The molecular formula is C16H19N3O5. The van der Waals surface area contributed by atoms with E-state index in [1.165, 1.54) is 4.57 Å². The summed E-state index contributed by atoms with van der Waals surface area (Å²) in [5.41, 5.74) is -0.627. The van der Waals surface area contributed by atoms with Crippen molar-refractivity contribution >= 4 is 16.8 Å². The van der Waals surface area contributed by atoms with Crippen molar-refractivity contribution in [3.05, 3.63) is 45.1 Å². The van der Waals surface area contributed by atoms with E-state index < -0.39 is 11.2 Å². The van der Waals surface area contributed by atoms with Gasteiger partial charge in [0.1, 0.15) is 6.54 Å². The smallest absolute Gasteiger partial charge is 0.332 e. The molecule has 1 aromatic heterocycles. The van der Waals surface area contributed by atoms with Crippen LogP contribution in [0.15, 0.2) is 33.9 Å². The lowest BCUT2D eigenvalue weighted by Gasteiger charge is -2.27. The third-order valence-corrected chi connectivity index (χ3v) is 4.11. The molecule has 0 radical (unpaired) electrons. The maximum absolute atomic E-state index is 12.6. The van der Waals surface area contributed by atoms with Crippen molar-refractivity contribution in [3.63, 3.8) is 0 Å². The molecule has 1 amide bonds. The highest BCUT2D eigenvalue weighted by molar-refractivity contribution is 5.81. The Hall–Kier alpha value is -2.45. The van der Waals surface area contributed by atoms with E-state index in [4.69, 9.17) is 9.84 Å². The number of hydrogen-bond acceptors (Lipinski definition) is 5. The van der Waals surface area contributed by atoms with E-state index >= 15 is 0 Å². The van der Waals surface area contributed by atoms with Crippen molar-refractivity contribution in [2.75, 3.05) is 32.9 Å². The molecule has 1 fully saturated rings. The van der Waals surface area contributed by atoms with Crippen LogP contribution in [0, 0.1) is 0 Å². The summed E-state index contributed by atoms with van der Waals surface area (Å²) in [5.74, 6) is -0.195. The molecule has 1 aliphatic rings. The molecule has 2 heterocycles. The third kappa shape index (κ3) is 2.98. The van der Waals surface area contributed by atoms with E-state index in [1.807, 2.05) is 0 Å². The SMILES string of the molecule is O=C(Cn1c(=O)n(CCO)c(=O)c2ccccc21)N1CCOCC1. The number of carbonyl (C=O) groups is 1. The molecule has 128 valence electrons. The lowest BCUT2D eigenvalue weighted by molar-refractivity contribution is -0.135. The Morgan fingerprint density at radius 3 is 2.54 bits per heavy atom. The fourth-order valence-electron chi connectivity index (χ4n) is 2.87. The molecule has 0 unspecified atom stereocenters. The maximum atomic E-state index is 12.6. The Bertz CT molecular complexity index is 864. The van der Waals surface area contributed by atoms with Crippen molar-refractivity contribution in [1.82, 2.24) is 14.0 Å². The lowest BCUT2D eigenvalue weighted by atomic mass is 10.2. The second-order valence-corrected chi connectivity index (χ2v) is 5.56. The second-order valence-electron chi connectivity index (χ2n) is 5.56. The van der Waals surface area contributed by atoms with Gasteiger partial charge in [-0.25, -0.2) is 4.79 Å². The number of aliphatic hydroxyl groups excluding tert-OH is 1. The summed E-state index contributed by atoms with van der Waals surface area (Å²) in [6, 6.07) is 6.67. The van der Waals surface area contributed by atoms with Gasteiger partial charge in [0.25, 0.3) is 5.56 Å². The molecule has 1 aromatic carbocycles. The van der Waals surface area contributed by atoms with Gasteiger partial charge in [0, 0.05) is 13.1 Å². The number of hydrogen-bond donors (Lipinski definition) is 1. The average molecular weight is 333 g/mol. The first kappa shape index (κ1) is 16.4. The Morgan fingerprint density at radius 1 is 1.12 bits per heavy atom. The monoisotopic (exact) mass is 333 g/mol. The Morgan fingerprint density at radius 2 is 1.83 bits per heavy atom. The highest BCUT2D eigenvalue weighted by atomic mass is 16.5. The minimum absolute atomic E-state index is 0.103. The molecule has 0 spiro atoms. The van der Waals surface area contributed by atoms with E-state index in [0.29, 0.717) is 37.2 Å². The number of rotatable bonds is 4. The number of morpholine rings is 1. The predicted molar refractivity (Wildman–Crippen MR) is 87.0 cm³/mol. The first-order valence-corrected chi connectivity index (χ1v) is 7.82. The molecule has 1 N–H and O–H groups in total. The van der Waals surface area contributed by atoms with Crippen LogP contribution in [0.1, 0.15) is 0 Å². The highest BCUT2D eigenvalue weighted by Gasteiger charge is 2.20. The van der Waals surface area contributed by atoms with Crippen LogP contribution >= 0.6 is 0 Å². The number of benzene rings is 1. The van der Waals surface area contributed by atoms with Crippen LogP contribution in [0.4, 0.5) is 0 Å². The number of aromatic nitrogens is 2. The van der Waals surface area contributed by atoms with E-state index in [-0.39, 0.29) is 25.6 Å². The second kappa shape index (κ2) is 6.98. The highest BCUT2D eigenvalue weighted by Crippen LogP contribution is 2.08. The van der Waals surface area contributed by atoms with Crippen LogP contribution in [-0.2, 0) is 22.6 Å². The Balaban J connectivity index is 2.07. The zero-order valence-corrected chi connectivity index (χ0v) is 13.2. The van der Waals surface area contributed by atoms with Crippen LogP contribution in [0.2, 0.25) is 0 Å². The first-order chi connectivity index (χ1) is 11.6. The van der Waals surface area contributed by atoms with E-state index in [1.54, 1.807) is 29.2 Å². The van der Waals surface area contributed by atoms with Crippen molar-refractivity contribution in [2.45, 2.75) is 13.1 Å². The van der Waals surface area contributed by atoms with Gasteiger partial charge in [-0.3, -0.25) is 18.7 Å². The van der Waals surface area contributed by atoms with Gasteiger partial charge in [0.2, 0.25) is 5.91 Å². The molecule has 8 nitrogen and oxygen atoms in total. The quantitative estimate of drug-likeness (QED) is 0.776. The molecule has 3 rings (SSSR count). The summed E-state index contributed by atoms with van der Waals surface area (Å²) in [6.07, 6.45) is 0. The van der Waals surface area contributed by atoms with Gasteiger partial charge < -0.3 is 14.7 Å². The van der Waals surface area contributed by atoms with Crippen LogP contribution in [-0.4, -0.2) is 58.0 Å². The van der Waals surface area contributed by atoms with Crippen LogP contribution in [0.3, 0.4) is 0 Å². The molecule has 0 aliphatic carbocycles. The van der Waals surface area contributed by atoms with Crippen molar-refractivity contribution in [2.24, 2.45) is 0 Å². The number of aliphatic hydroxyl groups is 1. The van der Waals surface area contributed by atoms with Crippen molar-refractivity contribution in [3.8, 4) is 0 Å². The number of ether oxygens (including phenoxy) is 1. The average Bonchev–Trinajstić information content (AvgIpc) is 2.63. The largest absolute Gasteiger partial charge is 0.395 e. The topological polar surface area (TPSA) is 93.8 Å². The molecule has 1 saturated heterocycles. The third-order valence-electron chi connectivity index (χ3n) is 4.11. The van der Waals surface area contributed by atoms with Gasteiger partial charge in [-0.1, -0.05) is 12.1 Å². The molecule has 24 heavy (non-hydrogen) atoms. The number of amides is 1. The lowest BCUT2D eigenvalue weighted by Crippen LogP contribution is -2.46. The van der Waals surface area contributed by atoms with Gasteiger partial charge in [-0.05, 0) is 12.1 Å². The summed E-state index contributed by atoms with van der Waals surface area (Å²) >= 11 is 0. The van der Waals surface area contributed by atoms with Crippen molar-refractivity contribution < 1.29 is 14.6 Å². The maximum Gasteiger partial charge on any atom is 0.332 e. The normalized spacial score (nSPS) is 15.0. The molecule has 2 aromatic rings. The first-order valence-electron chi connectivity index (χ1n) is 7.82. The zero-order valence-electron chi connectivity index (χ0n) is 13.2. The van der Waals surface area contributed by atoms with Crippen LogP contribution in [0.5, 0.6) is 0 Å². The Kier molecular flexibility index (Phi) is 4.77. The van der Waals surface area contributed by atoms with Gasteiger partial charge in [-0.15, -0.1) is 0 Å². The number of nitrogens with zero attached hydrogens (tertiary/aromatic N) is 3. The predicted octanol–water partition coefficient (Wildman–Crippen LogP) is -0.986. The molecule has 8 heteroatoms. The van der Waals surface area contributed by atoms with E-state index in [2.05, 4.69) is 0 Å². The summed E-state index contributed by atoms with van der Waals surface area (Å²) in [4.78, 5) is 39.2. The van der Waals surface area contributed by atoms with Gasteiger partial charge >= 0.3 is 5.69 Å². The number of carbonyl (C=O) groups excluding carboxylic acids is 1. The molecule has 1 aliphatic heterocycles. The molecular weight excluding hydrogens is 314 g/mol. The van der Waals surface area contributed by atoms with Gasteiger partial charge in [-0.2, -0.15) is 0 Å². The van der Waals surface area contributed by atoms with Crippen LogP contribution < -0.4 is 11.2 Å². The minimum Gasteiger partial charge on any atom is -0.395 e. The fourth-order valence-corrected chi connectivity index (χ4v) is 2.87. The summed E-state index contributed by atoms with van der Waals surface area (Å²) in [5, 5.41) is 9.47. The van der Waals surface area contributed by atoms with Crippen molar-refractivity contribution in [1.29, 1.82) is 0 Å².